The Bertz CT molecular complexity index is 401. The van der Waals surface area contributed by atoms with Crippen LogP contribution in [0.3, 0.4) is 0 Å². The Kier molecular flexibility index (Phi) is 5.32. The van der Waals surface area contributed by atoms with Gasteiger partial charge in [-0.15, -0.1) is 0 Å². The molecule has 106 valence electrons. The molecule has 1 heterocycles. The highest BCUT2D eigenvalue weighted by Gasteiger charge is 2.17. The highest BCUT2D eigenvalue weighted by atomic mass is 14.9. The van der Waals surface area contributed by atoms with E-state index in [-0.39, 0.29) is 0 Å². The van der Waals surface area contributed by atoms with Crippen molar-refractivity contribution in [1.82, 2.24) is 15.3 Å². The lowest BCUT2D eigenvalue weighted by molar-refractivity contribution is 0.436. The van der Waals surface area contributed by atoms with E-state index in [1.165, 1.54) is 49.1 Å². The Hall–Kier alpha value is -0.960. The molecule has 0 saturated carbocycles. The fourth-order valence-electron chi connectivity index (χ4n) is 3.05. The van der Waals surface area contributed by atoms with Gasteiger partial charge in [0.15, 0.2) is 0 Å². The third-order valence-electron chi connectivity index (χ3n) is 4.07. The molecule has 0 fully saturated rings. The molecule has 0 saturated heterocycles. The Balaban J connectivity index is 2.15. The van der Waals surface area contributed by atoms with E-state index < -0.39 is 0 Å². The van der Waals surface area contributed by atoms with Crippen molar-refractivity contribution >= 4 is 0 Å². The Morgan fingerprint density at radius 2 is 1.95 bits per heavy atom. The second-order valence-corrected chi connectivity index (χ2v) is 6.13. The van der Waals surface area contributed by atoms with E-state index in [1.807, 2.05) is 0 Å². The van der Waals surface area contributed by atoms with Gasteiger partial charge in [0.25, 0.3) is 0 Å². The van der Waals surface area contributed by atoms with Crippen LogP contribution >= 0.6 is 0 Å². The van der Waals surface area contributed by atoms with Gasteiger partial charge in [0.2, 0.25) is 0 Å². The van der Waals surface area contributed by atoms with E-state index in [1.54, 1.807) is 6.33 Å². The summed E-state index contributed by atoms with van der Waals surface area (Å²) in [6, 6.07) is 0.530. The van der Waals surface area contributed by atoms with Gasteiger partial charge < -0.3 is 5.32 Å². The summed E-state index contributed by atoms with van der Waals surface area (Å²) in [7, 11) is 2.06. The molecule has 1 aromatic rings. The standard InChI is InChI=1S/C16H27N3/c1-12(2)9-13(17-3)10-16-14-7-5-4-6-8-15(14)18-11-19-16/h11-13,17H,4-10H2,1-3H3. The van der Waals surface area contributed by atoms with Gasteiger partial charge in [-0.05, 0) is 50.6 Å². The molecule has 0 aliphatic heterocycles. The van der Waals surface area contributed by atoms with Crippen molar-refractivity contribution in [3.05, 3.63) is 23.3 Å². The van der Waals surface area contributed by atoms with Gasteiger partial charge in [0.05, 0.1) is 0 Å². The summed E-state index contributed by atoms with van der Waals surface area (Å²) in [4.78, 5) is 9.08. The second kappa shape index (κ2) is 6.99. The molecular formula is C16H27N3. The number of hydrogen-bond acceptors (Lipinski definition) is 3. The minimum absolute atomic E-state index is 0.530. The molecule has 1 aliphatic rings. The van der Waals surface area contributed by atoms with E-state index in [0.717, 1.165) is 18.8 Å². The Morgan fingerprint density at radius 1 is 1.16 bits per heavy atom. The predicted molar refractivity (Wildman–Crippen MR) is 79.3 cm³/mol. The number of nitrogens with zero attached hydrogens (tertiary/aromatic N) is 2. The monoisotopic (exact) mass is 261 g/mol. The minimum atomic E-state index is 0.530. The van der Waals surface area contributed by atoms with Crippen molar-refractivity contribution in [2.75, 3.05) is 7.05 Å². The number of rotatable bonds is 5. The molecule has 3 heteroatoms. The van der Waals surface area contributed by atoms with E-state index >= 15 is 0 Å². The van der Waals surface area contributed by atoms with Crippen molar-refractivity contribution in [3.8, 4) is 0 Å². The minimum Gasteiger partial charge on any atom is -0.317 e. The zero-order valence-electron chi connectivity index (χ0n) is 12.6. The SMILES string of the molecule is CNC(Cc1ncnc2c1CCCCC2)CC(C)C. The fraction of sp³-hybridized carbons (Fsp3) is 0.750. The lowest BCUT2D eigenvalue weighted by Crippen LogP contribution is -2.30. The van der Waals surface area contributed by atoms with Crippen molar-refractivity contribution < 1.29 is 0 Å². The lowest BCUT2D eigenvalue weighted by atomic mass is 9.96. The first-order valence-corrected chi connectivity index (χ1v) is 7.69. The quantitative estimate of drug-likeness (QED) is 0.828. The Labute approximate surface area is 117 Å². The molecule has 3 nitrogen and oxygen atoms in total. The first-order valence-electron chi connectivity index (χ1n) is 7.69. The van der Waals surface area contributed by atoms with Crippen LogP contribution in [0.4, 0.5) is 0 Å². The summed E-state index contributed by atoms with van der Waals surface area (Å²) in [5, 5.41) is 3.44. The molecule has 1 N–H and O–H groups in total. The number of likely N-dealkylation sites (N-methyl/N-ethyl adjacent to an activating group) is 1. The molecule has 19 heavy (non-hydrogen) atoms. The zero-order chi connectivity index (χ0) is 13.7. The van der Waals surface area contributed by atoms with E-state index in [2.05, 4.69) is 36.2 Å². The van der Waals surface area contributed by atoms with Gasteiger partial charge in [-0.2, -0.15) is 0 Å². The summed E-state index contributed by atoms with van der Waals surface area (Å²) < 4.78 is 0. The molecule has 1 aromatic heterocycles. The molecule has 0 amide bonds. The third-order valence-corrected chi connectivity index (χ3v) is 4.07. The lowest BCUT2D eigenvalue weighted by Gasteiger charge is -2.20. The van der Waals surface area contributed by atoms with Crippen LogP contribution in [-0.2, 0) is 19.3 Å². The number of aryl methyl sites for hydroxylation is 1. The van der Waals surface area contributed by atoms with Crippen LogP contribution in [0.25, 0.3) is 0 Å². The van der Waals surface area contributed by atoms with Crippen LogP contribution in [-0.4, -0.2) is 23.1 Å². The summed E-state index contributed by atoms with van der Waals surface area (Å²) in [6.45, 7) is 4.57. The van der Waals surface area contributed by atoms with E-state index in [0.29, 0.717) is 6.04 Å². The first-order chi connectivity index (χ1) is 9.20. The topological polar surface area (TPSA) is 37.8 Å². The van der Waals surface area contributed by atoms with Gasteiger partial charge in [-0.25, -0.2) is 9.97 Å². The molecule has 1 aliphatic carbocycles. The third kappa shape index (κ3) is 4.00. The normalized spacial score (nSPS) is 17.1. The molecule has 0 aromatic carbocycles. The smallest absolute Gasteiger partial charge is 0.115 e. The zero-order valence-corrected chi connectivity index (χ0v) is 12.6. The van der Waals surface area contributed by atoms with Crippen molar-refractivity contribution in [2.24, 2.45) is 5.92 Å². The predicted octanol–water partition coefficient (Wildman–Crippen LogP) is 2.92. The first kappa shape index (κ1) is 14.4. The Morgan fingerprint density at radius 3 is 2.68 bits per heavy atom. The van der Waals surface area contributed by atoms with Crippen LogP contribution in [0.15, 0.2) is 6.33 Å². The van der Waals surface area contributed by atoms with E-state index in [9.17, 15) is 0 Å². The summed E-state index contributed by atoms with van der Waals surface area (Å²) in [5.74, 6) is 0.720. The van der Waals surface area contributed by atoms with Crippen LogP contribution in [0, 0.1) is 5.92 Å². The van der Waals surface area contributed by atoms with Crippen LogP contribution < -0.4 is 5.32 Å². The summed E-state index contributed by atoms with van der Waals surface area (Å²) in [6.07, 6.45) is 10.2. The molecule has 0 spiro atoms. The van der Waals surface area contributed by atoms with E-state index in [4.69, 9.17) is 0 Å². The van der Waals surface area contributed by atoms with Gasteiger partial charge in [0.1, 0.15) is 6.33 Å². The van der Waals surface area contributed by atoms with Crippen molar-refractivity contribution in [2.45, 2.75) is 64.8 Å². The van der Waals surface area contributed by atoms with Gasteiger partial charge in [-0.1, -0.05) is 20.3 Å². The maximum atomic E-state index is 4.58. The second-order valence-electron chi connectivity index (χ2n) is 6.13. The van der Waals surface area contributed by atoms with Crippen molar-refractivity contribution in [1.29, 1.82) is 0 Å². The molecular weight excluding hydrogens is 234 g/mol. The van der Waals surface area contributed by atoms with Gasteiger partial charge in [-0.3, -0.25) is 0 Å². The largest absolute Gasteiger partial charge is 0.317 e. The van der Waals surface area contributed by atoms with Gasteiger partial charge >= 0.3 is 0 Å². The maximum absolute atomic E-state index is 4.58. The van der Waals surface area contributed by atoms with Gasteiger partial charge in [0, 0.05) is 23.9 Å². The average molecular weight is 261 g/mol. The number of nitrogens with one attached hydrogen (secondary N) is 1. The van der Waals surface area contributed by atoms with Crippen LogP contribution in [0.2, 0.25) is 0 Å². The highest BCUT2D eigenvalue weighted by Crippen LogP contribution is 2.22. The summed E-state index contributed by atoms with van der Waals surface area (Å²) in [5.41, 5.74) is 4.04. The summed E-state index contributed by atoms with van der Waals surface area (Å²) >= 11 is 0. The average Bonchev–Trinajstić information content (AvgIpc) is 2.63. The maximum Gasteiger partial charge on any atom is 0.115 e. The molecule has 0 bridgehead atoms. The highest BCUT2D eigenvalue weighted by molar-refractivity contribution is 5.26. The molecule has 2 rings (SSSR count). The molecule has 1 unspecified atom stereocenters. The number of aromatic nitrogens is 2. The fourth-order valence-corrected chi connectivity index (χ4v) is 3.05. The van der Waals surface area contributed by atoms with Crippen LogP contribution in [0.5, 0.6) is 0 Å². The number of hydrogen-bond donors (Lipinski definition) is 1. The molecule has 1 atom stereocenters. The van der Waals surface area contributed by atoms with Crippen molar-refractivity contribution in [3.63, 3.8) is 0 Å². The molecule has 0 radical (unpaired) electrons. The number of fused-ring (bicyclic) bond motifs is 1. The van der Waals surface area contributed by atoms with Crippen LogP contribution in [0.1, 0.15) is 56.5 Å².